The summed E-state index contributed by atoms with van der Waals surface area (Å²) in [5, 5.41) is 14.1. The summed E-state index contributed by atoms with van der Waals surface area (Å²) >= 11 is 0. The van der Waals surface area contributed by atoms with Gasteiger partial charge in [0.25, 0.3) is 0 Å². The molecular weight excluding hydrogens is 278 g/mol. The van der Waals surface area contributed by atoms with Crippen molar-refractivity contribution in [3.8, 4) is 0 Å². The number of carboxylic acid groups (broad SMARTS) is 1. The second kappa shape index (κ2) is 5.44. The summed E-state index contributed by atoms with van der Waals surface area (Å²) in [6, 6.07) is 8.67. The number of aryl methyl sites for hydroxylation is 2. The number of nitrogens with zero attached hydrogens (tertiary/aromatic N) is 3. The number of carbonyl (C=O) groups is 1. The summed E-state index contributed by atoms with van der Waals surface area (Å²) in [4.78, 5) is 15.5. The lowest BCUT2D eigenvalue weighted by Gasteiger charge is -2.01. The number of hydrogen-bond acceptors (Lipinski definition) is 3. The Labute approximate surface area is 127 Å². The Morgan fingerprint density at radius 3 is 2.73 bits per heavy atom. The molecule has 0 bridgehead atoms. The first-order valence-corrected chi connectivity index (χ1v) is 6.85. The smallest absolute Gasteiger partial charge is 0.335 e. The molecule has 2 aromatic heterocycles. The molecular formula is C17H15N3O2. The number of rotatable bonds is 3. The zero-order valence-electron chi connectivity index (χ0n) is 12.3. The van der Waals surface area contributed by atoms with Gasteiger partial charge in [-0.2, -0.15) is 5.10 Å². The van der Waals surface area contributed by atoms with Crippen molar-refractivity contribution in [2.45, 2.75) is 6.92 Å². The van der Waals surface area contributed by atoms with Gasteiger partial charge in [0, 0.05) is 24.2 Å². The lowest BCUT2D eigenvalue weighted by molar-refractivity contribution is 0.0697. The Balaban J connectivity index is 1.93. The third-order valence-corrected chi connectivity index (χ3v) is 3.44. The Morgan fingerprint density at radius 2 is 2.05 bits per heavy atom. The van der Waals surface area contributed by atoms with Crippen LogP contribution in [0.2, 0.25) is 0 Å². The maximum absolute atomic E-state index is 11.0. The molecule has 1 aromatic carbocycles. The van der Waals surface area contributed by atoms with Crippen LogP contribution in [0.15, 0.2) is 36.5 Å². The van der Waals surface area contributed by atoms with Crippen LogP contribution < -0.4 is 0 Å². The first kappa shape index (κ1) is 14.0. The number of fused-ring (bicyclic) bond motifs is 1. The van der Waals surface area contributed by atoms with Gasteiger partial charge in [0.2, 0.25) is 0 Å². The van der Waals surface area contributed by atoms with E-state index in [-0.39, 0.29) is 5.56 Å². The van der Waals surface area contributed by atoms with E-state index in [0.717, 1.165) is 27.9 Å². The summed E-state index contributed by atoms with van der Waals surface area (Å²) in [7, 11) is 1.89. The maximum atomic E-state index is 11.0. The van der Waals surface area contributed by atoms with Crippen LogP contribution in [0.1, 0.15) is 27.3 Å². The van der Waals surface area contributed by atoms with Gasteiger partial charge in [-0.15, -0.1) is 0 Å². The fraction of sp³-hybridized carbons (Fsp3) is 0.118. The molecule has 1 N–H and O–H groups in total. The topological polar surface area (TPSA) is 68.0 Å². The molecule has 0 saturated carbocycles. The van der Waals surface area contributed by atoms with Crippen molar-refractivity contribution in [2.75, 3.05) is 0 Å². The Bertz CT molecular complexity index is 894. The largest absolute Gasteiger partial charge is 0.478 e. The summed E-state index contributed by atoms with van der Waals surface area (Å²) in [6.45, 7) is 1.96. The Hall–Kier alpha value is -2.95. The molecule has 0 fully saturated rings. The van der Waals surface area contributed by atoms with Gasteiger partial charge in [0.15, 0.2) is 0 Å². The fourth-order valence-corrected chi connectivity index (χ4v) is 2.32. The van der Waals surface area contributed by atoms with Crippen molar-refractivity contribution in [3.05, 3.63) is 59.0 Å². The minimum absolute atomic E-state index is 0.267. The van der Waals surface area contributed by atoms with Crippen LogP contribution in [-0.4, -0.2) is 25.8 Å². The lowest BCUT2D eigenvalue weighted by Crippen LogP contribution is -1.95. The highest BCUT2D eigenvalue weighted by atomic mass is 16.4. The second-order valence-electron chi connectivity index (χ2n) is 5.13. The molecule has 0 saturated heterocycles. The van der Waals surface area contributed by atoms with Gasteiger partial charge in [-0.1, -0.05) is 6.07 Å². The molecule has 0 spiro atoms. The van der Waals surface area contributed by atoms with E-state index in [1.807, 2.05) is 44.5 Å². The van der Waals surface area contributed by atoms with Crippen molar-refractivity contribution >= 4 is 29.0 Å². The molecule has 3 aromatic rings. The molecule has 0 aliphatic carbocycles. The Kier molecular flexibility index (Phi) is 3.47. The molecule has 3 rings (SSSR count). The highest BCUT2D eigenvalue weighted by Crippen LogP contribution is 2.17. The SMILES string of the molecule is Cc1nn(C)cc1C=Cc1ccc2cc(C(=O)O)ccc2n1. The van der Waals surface area contributed by atoms with E-state index in [1.54, 1.807) is 22.9 Å². The van der Waals surface area contributed by atoms with Crippen molar-refractivity contribution in [1.82, 2.24) is 14.8 Å². The van der Waals surface area contributed by atoms with Gasteiger partial charge in [-0.3, -0.25) is 4.68 Å². The average Bonchev–Trinajstić information content (AvgIpc) is 2.82. The molecule has 110 valence electrons. The van der Waals surface area contributed by atoms with Crippen LogP contribution in [0.5, 0.6) is 0 Å². The highest BCUT2D eigenvalue weighted by molar-refractivity contribution is 5.93. The van der Waals surface area contributed by atoms with E-state index < -0.39 is 5.97 Å². The van der Waals surface area contributed by atoms with Crippen LogP contribution in [0.25, 0.3) is 23.1 Å². The van der Waals surface area contributed by atoms with Crippen LogP contribution in [0.3, 0.4) is 0 Å². The normalized spacial score (nSPS) is 11.4. The van der Waals surface area contributed by atoms with E-state index in [1.165, 1.54) is 0 Å². The first-order valence-electron chi connectivity index (χ1n) is 6.85. The van der Waals surface area contributed by atoms with Gasteiger partial charge >= 0.3 is 5.97 Å². The van der Waals surface area contributed by atoms with Gasteiger partial charge < -0.3 is 5.11 Å². The van der Waals surface area contributed by atoms with E-state index >= 15 is 0 Å². The number of pyridine rings is 1. The number of aromatic carboxylic acids is 1. The number of benzene rings is 1. The third kappa shape index (κ3) is 2.74. The van der Waals surface area contributed by atoms with Crippen molar-refractivity contribution in [3.63, 3.8) is 0 Å². The quantitative estimate of drug-likeness (QED) is 0.805. The third-order valence-electron chi connectivity index (χ3n) is 3.44. The number of carboxylic acids is 1. The van der Waals surface area contributed by atoms with Crippen LogP contribution >= 0.6 is 0 Å². The van der Waals surface area contributed by atoms with Gasteiger partial charge in [-0.25, -0.2) is 9.78 Å². The lowest BCUT2D eigenvalue weighted by atomic mass is 10.1. The molecule has 2 heterocycles. The van der Waals surface area contributed by atoms with E-state index in [9.17, 15) is 4.79 Å². The summed E-state index contributed by atoms with van der Waals surface area (Å²) in [5.74, 6) is -0.932. The van der Waals surface area contributed by atoms with Crippen LogP contribution in [0.4, 0.5) is 0 Å². The van der Waals surface area contributed by atoms with Crippen molar-refractivity contribution in [1.29, 1.82) is 0 Å². The Morgan fingerprint density at radius 1 is 1.23 bits per heavy atom. The van der Waals surface area contributed by atoms with Crippen LogP contribution in [-0.2, 0) is 7.05 Å². The first-order chi connectivity index (χ1) is 10.5. The zero-order valence-corrected chi connectivity index (χ0v) is 12.3. The standard InChI is InChI=1S/C17H15N3O2/c1-11-14(10-20(2)19-11)4-7-15-6-3-12-9-13(17(21)22)5-8-16(12)18-15/h3-10H,1-2H3,(H,21,22). The summed E-state index contributed by atoms with van der Waals surface area (Å²) in [5.41, 5.74) is 3.87. The van der Waals surface area contributed by atoms with E-state index in [0.29, 0.717) is 0 Å². The van der Waals surface area contributed by atoms with Gasteiger partial charge in [0.1, 0.15) is 0 Å². The minimum Gasteiger partial charge on any atom is -0.478 e. The van der Waals surface area contributed by atoms with Gasteiger partial charge in [0.05, 0.1) is 22.5 Å². The van der Waals surface area contributed by atoms with E-state index in [4.69, 9.17) is 5.11 Å². The summed E-state index contributed by atoms with van der Waals surface area (Å²) < 4.78 is 1.77. The number of aromatic nitrogens is 3. The molecule has 22 heavy (non-hydrogen) atoms. The predicted octanol–water partition coefficient (Wildman–Crippen LogP) is 3.15. The van der Waals surface area contributed by atoms with Crippen molar-refractivity contribution in [2.24, 2.45) is 7.05 Å². The van der Waals surface area contributed by atoms with Crippen molar-refractivity contribution < 1.29 is 9.90 Å². The molecule has 5 nitrogen and oxygen atoms in total. The minimum atomic E-state index is -0.932. The fourth-order valence-electron chi connectivity index (χ4n) is 2.32. The summed E-state index contributed by atoms with van der Waals surface area (Å²) in [6.07, 6.45) is 5.85. The molecule has 0 amide bonds. The zero-order chi connectivity index (χ0) is 15.7. The highest BCUT2D eigenvalue weighted by Gasteiger charge is 2.04. The van der Waals surface area contributed by atoms with E-state index in [2.05, 4.69) is 10.1 Å². The molecule has 0 aliphatic rings. The molecule has 0 unspecified atom stereocenters. The second-order valence-corrected chi connectivity index (χ2v) is 5.13. The van der Waals surface area contributed by atoms with Crippen LogP contribution in [0, 0.1) is 6.92 Å². The number of hydrogen-bond donors (Lipinski definition) is 1. The maximum Gasteiger partial charge on any atom is 0.335 e. The predicted molar refractivity (Wildman–Crippen MR) is 85.6 cm³/mol. The van der Waals surface area contributed by atoms with Gasteiger partial charge in [-0.05, 0) is 43.3 Å². The molecule has 0 aliphatic heterocycles. The average molecular weight is 293 g/mol. The molecule has 0 atom stereocenters. The monoisotopic (exact) mass is 293 g/mol. The molecule has 0 radical (unpaired) electrons. The molecule has 5 heteroatoms.